The number of carbonyl (C=O) groups excluding carboxylic acids is 2. The molecule has 0 fully saturated rings. The van der Waals surface area contributed by atoms with Gasteiger partial charge in [-0.1, -0.05) is 44.0 Å². The van der Waals surface area contributed by atoms with Crippen LogP contribution in [0.2, 0.25) is 0 Å². The number of halogens is 1. The van der Waals surface area contributed by atoms with E-state index in [4.69, 9.17) is 4.74 Å². The lowest BCUT2D eigenvalue weighted by atomic mass is 10.00. The first kappa shape index (κ1) is 25.9. The number of ether oxygens (including phenoxy) is 1. The van der Waals surface area contributed by atoms with Crippen LogP contribution in [0.5, 0.6) is 5.75 Å². The summed E-state index contributed by atoms with van der Waals surface area (Å²) in [5, 5.41) is 2.03. The fourth-order valence-electron chi connectivity index (χ4n) is 4.46. The minimum atomic E-state index is -0.365. The molecule has 0 saturated heterocycles. The number of aryl methyl sites for hydroxylation is 1. The van der Waals surface area contributed by atoms with Gasteiger partial charge in [-0.2, -0.15) is 0 Å². The Labute approximate surface area is 216 Å². The maximum Gasteiger partial charge on any atom is 0.254 e. The summed E-state index contributed by atoms with van der Waals surface area (Å²) >= 11 is 1.68. The highest BCUT2D eigenvalue weighted by Gasteiger charge is 2.34. The summed E-state index contributed by atoms with van der Waals surface area (Å²) in [5.41, 5.74) is 2.73. The van der Waals surface area contributed by atoms with Crippen LogP contribution in [-0.4, -0.2) is 47.9 Å². The minimum absolute atomic E-state index is 0.00693. The van der Waals surface area contributed by atoms with Crippen LogP contribution >= 0.6 is 11.3 Å². The number of nitrogens with zero attached hydrogens (tertiary/aromatic N) is 2. The van der Waals surface area contributed by atoms with Crippen LogP contribution in [0.3, 0.4) is 0 Å². The zero-order valence-electron chi connectivity index (χ0n) is 21.1. The Kier molecular flexibility index (Phi) is 8.41. The van der Waals surface area contributed by atoms with Crippen LogP contribution in [0.1, 0.15) is 52.7 Å². The lowest BCUT2D eigenvalue weighted by Gasteiger charge is -2.37. The topological polar surface area (TPSA) is 49.9 Å². The van der Waals surface area contributed by atoms with Crippen LogP contribution in [0, 0.1) is 18.7 Å². The van der Waals surface area contributed by atoms with E-state index in [1.54, 1.807) is 28.4 Å². The third-order valence-electron chi connectivity index (χ3n) is 6.76. The van der Waals surface area contributed by atoms with Gasteiger partial charge in [0.1, 0.15) is 24.7 Å². The number of carbonyl (C=O) groups is 2. The molecule has 190 valence electrons. The molecule has 2 aromatic carbocycles. The number of rotatable bonds is 9. The average Bonchev–Trinajstić information content (AvgIpc) is 3.36. The van der Waals surface area contributed by atoms with Crippen LogP contribution in [-0.2, 0) is 11.2 Å². The summed E-state index contributed by atoms with van der Waals surface area (Å²) in [7, 11) is 0. The number of hydrogen-bond acceptors (Lipinski definition) is 4. The van der Waals surface area contributed by atoms with Gasteiger partial charge in [-0.25, -0.2) is 4.39 Å². The monoisotopic (exact) mass is 508 g/mol. The van der Waals surface area contributed by atoms with Crippen molar-refractivity contribution in [2.45, 2.75) is 39.7 Å². The van der Waals surface area contributed by atoms with E-state index in [9.17, 15) is 14.0 Å². The van der Waals surface area contributed by atoms with E-state index in [0.29, 0.717) is 24.4 Å². The number of hydrogen-bond donors (Lipinski definition) is 0. The molecule has 4 rings (SSSR count). The second-order valence-corrected chi connectivity index (χ2v) is 10.5. The van der Waals surface area contributed by atoms with Gasteiger partial charge < -0.3 is 14.5 Å². The lowest BCUT2D eigenvalue weighted by Crippen LogP contribution is -2.48. The van der Waals surface area contributed by atoms with Gasteiger partial charge in [0, 0.05) is 29.6 Å². The Morgan fingerprint density at radius 3 is 2.69 bits per heavy atom. The molecule has 7 heteroatoms. The second kappa shape index (κ2) is 11.7. The third-order valence-corrected chi connectivity index (χ3v) is 7.76. The van der Waals surface area contributed by atoms with E-state index < -0.39 is 0 Å². The zero-order chi connectivity index (χ0) is 25.7. The van der Waals surface area contributed by atoms with Gasteiger partial charge in [-0.3, -0.25) is 9.59 Å². The molecule has 1 aromatic heterocycles. The van der Waals surface area contributed by atoms with Crippen molar-refractivity contribution >= 4 is 23.2 Å². The standard InChI is InChI=1S/C29H33FN2O3S/c1-4-20(2)17-31(29(34)22-10-8-21(3)9-11-22)18-28(33)32-14-12-27-25(13-15-36-27)26(32)19-35-24-7-5-6-23(30)16-24/h5-11,13,15-16,20,26H,4,12,14,17-19H2,1-3H3/t20-,26+/m1/s1. The molecule has 1 aliphatic heterocycles. The highest BCUT2D eigenvalue weighted by molar-refractivity contribution is 7.10. The van der Waals surface area contributed by atoms with Crippen LogP contribution in [0.15, 0.2) is 60.0 Å². The fraction of sp³-hybridized carbons (Fsp3) is 0.379. The van der Waals surface area contributed by atoms with Gasteiger partial charge in [0.2, 0.25) is 5.91 Å². The van der Waals surface area contributed by atoms with Crippen molar-refractivity contribution in [1.29, 1.82) is 0 Å². The van der Waals surface area contributed by atoms with Crippen LogP contribution in [0.4, 0.5) is 4.39 Å². The largest absolute Gasteiger partial charge is 0.491 e. The maximum atomic E-state index is 13.7. The number of benzene rings is 2. The van der Waals surface area contributed by atoms with E-state index in [-0.39, 0.29) is 42.7 Å². The van der Waals surface area contributed by atoms with Crippen molar-refractivity contribution < 1.29 is 18.7 Å². The molecule has 0 aliphatic carbocycles. The first-order valence-corrected chi connectivity index (χ1v) is 13.3. The van der Waals surface area contributed by atoms with E-state index in [0.717, 1.165) is 24.0 Å². The van der Waals surface area contributed by atoms with Gasteiger partial charge in [-0.15, -0.1) is 11.3 Å². The molecule has 0 saturated carbocycles. The first-order valence-electron chi connectivity index (χ1n) is 12.5. The van der Waals surface area contributed by atoms with Crippen molar-refractivity contribution in [3.63, 3.8) is 0 Å². The normalized spacial score (nSPS) is 15.8. The summed E-state index contributed by atoms with van der Waals surface area (Å²) in [6, 6.07) is 15.2. The van der Waals surface area contributed by atoms with Crippen LogP contribution < -0.4 is 4.74 Å². The van der Waals surface area contributed by atoms with Gasteiger partial charge in [0.25, 0.3) is 5.91 Å². The Bertz CT molecular complexity index is 1190. The van der Waals surface area contributed by atoms with Crippen molar-refractivity contribution in [2.75, 3.05) is 26.2 Å². The van der Waals surface area contributed by atoms with Gasteiger partial charge >= 0.3 is 0 Å². The summed E-state index contributed by atoms with van der Waals surface area (Å²) in [5.74, 6) is 0.0883. The maximum absolute atomic E-state index is 13.7. The summed E-state index contributed by atoms with van der Waals surface area (Å²) < 4.78 is 19.6. The second-order valence-electron chi connectivity index (χ2n) is 9.49. The predicted octanol–water partition coefficient (Wildman–Crippen LogP) is 5.89. The Morgan fingerprint density at radius 2 is 1.97 bits per heavy atom. The van der Waals surface area contributed by atoms with Crippen molar-refractivity contribution in [1.82, 2.24) is 9.80 Å². The number of fused-ring (bicyclic) bond motifs is 1. The molecular formula is C29H33FN2O3S. The van der Waals surface area contributed by atoms with Crippen molar-refractivity contribution in [2.24, 2.45) is 5.92 Å². The molecule has 2 atom stereocenters. The smallest absolute Gasteiger partial charge is 0.254 e. The minimum Gasteiger partial charge on any atom is -0.491 e. The zero-order valence-corrected chi connectivity index (χ0v) is 21.9. The first-order chi connectivity index (χ1) is 17.4. The highest BCUT2D eigenvalue weighted by Crippen LogP contribution is 2.34. The molecule has 0 spiro atoms. The molecule has 0 radical (unpaired) electrons. The summed E-state index contributed by atoms with van der Waals surface area (Å²) in [4.78, 5) is 31.8. The Hall–Kier alpha value is -3.19. The SMILES string of the molecule is CC[C@@H](C)CN(CC(=O)N1CCc2sccc2[C@@H]1COc1cccc(F)c1)C(=O)c1ccc(C)cc1. The molecule has 1 aliphatic rings. The van der Waals surface area contributed by atoms with Gasteiger partial charge in [0.15, 0.2) is 0 Å². The molecule has 2 heterocycles. The Morgan fingerprint density at radius 1 is 1.19 bits per heavy atom. The molecule has 2 amide bonds. The summed E-state index contributed by atoms with van der Waals surface area (Å²) in [6.45, 7) is 7.45. The molecule has 0 bridgehead atoms. The molecule has 0 N–H and O–H groups in total. The third kappa shape index (κ3) is 6.13. The van der Waals surface area contributed by atoms with E-state index in [2.05, 4.69) is 13.8 Å². The quantitative estimate of drug-likeness (QED) is 0.362. The molecule has 36 heavy (non-hydrogen) atoms. The van der Waals surface area contributed by atoms with E-state index >= 15 is 0 Å². The highest BCUT2D eigenvalue weighted by atomic mass is 32.1. The van der Waals surface area contributed by atoms with Gasteiger partial charge in [-0.05, 0) is 60.5 Å². The molecule has 0 unspecified atom stereocenters. The molecule has 5 nitrogen and oxygen atoms in total. The number of thiophene rings is 1. The van der Waals surface area contributed by atoms with Gasteiger partial charge in [0.05, 0.1) is 6.04 Å². The van der Waals surface area contributed by atoms with Crippen molar-refractivity contribution in [3.05, 3.63) is 87.4 Å². The van der Waals surface area contributed by atoms with Crippen molar-refractivity contribution in [3.8, 4) is 5.75 Å². The molecule has 3 aromatic rings. The summed E-state index contributed by atoms with van der Waals surface area (Å²) in [6.07, 6.45) is 1.68. The fourth-order valence-corrected chi connectivity index (χ4v) is 5.39. The van der Waals surface area contributed by atoms with E-state index in [1.165, 1.54) is 17.0 Å². The van der Waals surface area contributed by atoms with Crippen LogP contribution in [0.25, 0.3) is 0 Å². The van der Waals surface area contributed by atoms with E-state index in [1.807, 2.05) is 47.5 Å². The molecular weight excluding hydrogens is 475 g/mol. The predicted molar refractivity (Wildman–Crippen MR) is 141 cm³/mol. The lowest BCUT2D eigenvalue weighted by molar-refractivity contribution is -0.135. The average molecular weight is 509 g/mol. The number of amides is 2. The Balaban J connectivity index is 1.54.